The predicted octanol–water partition coefficient (Wildman–Crippen LogP) is 3.90. The zero-order valence-electron chi connectivity index (χ0n) is 11.5. The van der Waals surface area contributed by atoms with Crippen LogP contribution in [0.25, 0.3) is 0 Å². The fraction of sp³-hybridized carbons (Fsp3) is 0.571. The first kappa shape index (κ1) is 15.3. The summed E-state index contributed by atoms with van der Waals surface area (Å²) in [6.45, 7) is 2.12. The molecule has 0 saturated heterocycles. The van der Waals surface area contributed by atoms with Crippen molar-refractivity contribution in [1.29, 1.82) is 0 Å². The Bertz CT molecular complexity index is 328. The van der Waals surface area contributed by atoms with Gasteiger partial charge in [-0.2, -0.15) is 0 Å². The number of benzene rings is 1. The van der Waals surface area contributed by atoms with Crippen LogP contribution in [0.4, 0.5) is 4.39 Å². The highest BCUT2D eigenvalue weighted by Crippen LogP contribution is 2.20. The van der Waals surface area contributed by atoms with E-state index in [2.05, 4.69) is 6.92 Å². The summed E-state index contributed by atoms with van der Waals surface area (Å²) in [4.78, 5) is 0. The summed E-state index contributed by atoms with van der Waals surface area (Å²) < 4.78 is 23.9. The molecule has 18 heavy (non-hydrogen) atoms. The van der Waals surface area contributed by atoms with Gasteiger partial charge in [-0.05, 0) is 42.6 Å². The van der Waals surface area contributed by atoms with Crippen LogP contribution in [0.15, 0.2) is 24.3 Å². The summed E-state index contributed by atoms with van der Waals surface area (Å²) in [5.74, 6) is -0.171. The zero-order chi connectivity index (χ0) is 13.4. The van der Waals surface area contributed by atoms with E-state index in [0.717, 1.165) is 31.4 Å². The van der Waals surface area contributed by atoms with Gasteiger partial charge in [0.25, 0.3) is 0 Å². The minimum atomic E-state index is -1.92. The molecule has 0 unspecified atom stereocenters. The van der Waals surface area contributed by atoms with Crippen LogP contribution in [0, 0.1) is 5.82 Å². The lowest BCUT2D eigenvalue weighted by Crippen LogP contribution is -2.38. The molecule has 1 aromatic rings. The summed E-state index contributed by atoms with van der Waals surface area (Å²) in [7, 11) is 1.57. The fourth-order valence-corrected chi connectivity index (χ4v) is 4.42. The Morgan fingerprint density at radius 1 is 1.06 bits per heavy atom. The van der Waals surface area contributed by atoms with Crippen LogP contribution in [-0.2, 0) is 15.3 Å². The second-order valence-corrected chi connectivity index (χ2v) is 8.35. The first-order valence-electron chi connectivity index (χ1n) is 6.50. The molecule has 0 N–H and O–H groups in total. The average molecular weight is 270 g/mol. The number of hydrogen-bond donors (Lipinski definition) is 0. The minimum absolute atomic E-state index is 0.171. The molecule has 0 radical (unpaired) electrons. The number of aryl methyl sites for hydroxylation is 1. The third-order valence-corrected chi connectivity index (χ3v) is 7.15. The van der Waals surface area contributed by atoms with Crippen LogP contribution in [0.1, 0.15) is 25.3 Å². The Hall–Kier alpha value is -0.713. The van der Waals surface area contributed by atoms with Crippen molar-refractivity contribution in [2.75, 3.05) is 14.2 Å². The van der Waals surface area contributed by atoms with Gasteiger partial charge in [-0.1, -0.05) is 25.5 Å². The van der Waals surface area contributed by atoms with Crippen LogP contribution in [0.5, 0.6) is 0 Å². The average Bonchev–Trinajstić information content (AvgIpc) is 2.42. The first-order valence-corrected chi connectivity index (χ1v) is 8.73. The number of halogens is 1. The van der Waals surface area contributed by atoms with E-state index < -0.39 is 8.56 Å². The van der Waals surface area contributed by atoms with Gasteiger partial charge in [0.15, 0.2) is 0 Å². The van der Waals surface area contributed by atoms with E-state index in [0.29, 0.717) is 0 Å². The Kier molecular flexibility index (Phi) is 6.53. The highest BCUT2D eigenvalue weighted by atomic mass is 28.4. The Labute approximate surface area is 110 Å². The SMILES string of the molecule is CC[Si](CCCCc1ccc(F)cc1)(OC)OC. The monoisotopic (exact) mass is 270 g/mol. The molecule has 0 saturated carbocycles. The first-order chi connectivity index (χ1) is 8.65. The highest BCUT2D eigenvalue weighted by molar-refractivity contribution is 6.67. The van der Waals surface area contributed by atoms with Gasteiger partial charge < -0.3 is 8.85 Å². The van der Waals surface area contributed by atoms with Crippen molar-refractivity contribution in [3.8, 4) is 0 Å². The highest BCUT2D eigenvalue weighted by Gasteiger charge is 2.32. The van der Waals surface area contributed by atoms with Crippen molar-refractivity contribution in [2.24, 2.45) is 0 Å². The van der Waals surface area contributed by atoms with E-state index in [9.17, 15) is 4.39 Å². The van der Waals surface area contributed by atoms with Crippen LogP contribution >= 0.6 is 0 Å². The number of hydrogen-bond acceptors (Lipinski definition) is 2. The molecule has 0 bridgehead atoms. The lowest BCUT2D eigenvalue weighted by Gasteiger charge is -2.25. The molecule has 4 heteroatoms. The third-order valence-electron chi connectivity index (χ3n) is 3.47. The second-order valence-electron chi connectivity index (χ2n) is 4.51. The molecular weight excluding hydrogens is 247 g/mol. The molecule has 0 spiro atoms. The summed E-state index contributed by atoms with van der Waals surface area (Å²) in [6, 6.07) is 8.75. The van der Waals surface area contributed by atoms with Gasteiger partial charge in [-0.15, -0.1) is 0 Å². The smallest absolute Gasteiger partial charge is 0.337 e. The molecule has 0 fully saturated rings. The van der Waals surface area contributed by atoms with Crippen molar-refractivity contribution in [2.45, 2.75) is 38.3 Å². The van der Waals surface area contributed by atoms with E-state index in [-0.39, 0.29) is 5.82 Å². The lowest BCUT2D eigenvalue weighted by molar-refractivity contribution is 0.241. The minimum Gasteiger partial charge on any atom is -0.398 e. The van der Waals surface area contributed by atoms with Crippen LogP contribution < -0.4 is 0 Å². The summed E-state index contributed by atoms with van der Waals surface area (Å²) in [6.07, 6.45) is 3.17. The number of unbranched alkanes of at least 4 members (excludes halogenated alkanes) is 1. The standard InChI is InChI=1S/C14H23FO2Si/c1-4-18(16-2,17-3)12-6-5-7-13-8-10-14(15)11-9-13/h8-11H,4-7,12H2,1-3H3. The Morgan fingerprint density at radius 3 is 2.17 bits per heavy atom. The van der Waals surface area contributed by atoms with Gasteiger partial charge in [0.2, 0.25) is 0 Å². The van der Waals surface area contributed by atoms with Crippen LogP contribution in [0.2, 0.25) is 12.1 Å². The van der Waals surface area contributed by atoms with E-state index in [1.165, 1.54) is 17.7 Å². The molecule has 1 aromatic carbocycles. The molecule has 0 atom stereocenters. The molecule has 0 amide bonds. The van der Waals surface area contributed by atoms with Crippen LogP contribution in [0.3, 0.4) is 0 Å². The molecule has 0 aliphatic rings. The Balaban J connectivity index is 2.31. The Morgan fingerprint density at radius 2 is 1.67 bits per heavy atom. The summed E-state index contributed by atoms with van der Waals surface area (Å²) in [5, 5.41) is 0. The van der Waals surface area contributed by atoms with Crippen LogP contribution in [-0.4, -0.2) is 22.8 Å². The van der Waals surface area contributed by atoms with Gasteiger partial charge in [-0.25, -0.2) is 4.39 Å². The molecule has 2 nitrogen and oxygen atoms in total. The van der Waals surface area contributed by atoms with E-state index >= 15 is 0 Å². The maximum absolute atomic E-state index is 12.7. The van der Waals surface area contributed by atoms with Crippen molar-refractivity contribution < 1.29 is 13.2 Å². The summed E-state index contributed by atoms with van der Waals surface area (Å²) >= 11 is 0. The number of rotatable bonds is 8. The van der Waals surface area contributed by atoms with Gasteiger partial charge in [0, 0.05) is 14.2 Å². The largest absolute Gasteiger partial charge is 0.398 e. The quantitative estimate of drug-likeness (QED) is 0.527. The van der Waals surface area contributed by atoms with E-state index in [1.54, 1.807) is 14.2 Å². The molecule has 0 heterocycles. The maximum Gasteiger partial charge on any atom is 0.337 e. The van der Waals surface area contributed by atoms with Crippen molar-refractivity contribution in [3.63, 3.8) is 0 Å². The predicted molar refractivity (Wildman–Crippen MR) is 74.4 cm³/mol. The molecular formula is C14H23FO2Si. The van der Waals surface area contributed by atoms with E-state index in [4.69, 9.17) is 8.85 Å². The zero-order valence-corrected chi connectivity index (χ0v) is 12.5. The van der Waals surface area contributed by atoms with Crippen molar-refractivity contribution in [1.82, 2.24) is 0 Å². The maximum atomic E-state index is 12.7. The fourth-order valence-electron chi connectivity index (χ4n) is 2.13. The normalized spacial score (nSPS) is 11.8. The third kappa shape index (κ3) is 4.52. The van der Waals surface area contributed by atoms with E-state index in [1.807, 2.05) is 12.1 Å². The molecule has 0 aliphatic heterocycles. The molecule has 0 aliphatic carbocycles. The van der Waals surface area contributed by atoms with Crippen molar-refractivity contribution >= 4 is 8.56 Å². The molecule has 1 rings (SSSR count). The second kappa shape index (κ2) is 7.66. The lowest BCUT2D eigenvalue weighted by atomic mass is 10.1. The summed E-state index contributed by atoms with van der Waals surface area (Å²) in [5.41, 5.74) is 1.19. The van der Waals surface area contributed by atoms with Gasteiger partial charge in [-0.3, -0.25) is 0 Å². The van der Waals surface area contributed by atoms with Crippen molar-refractivity contribution in [3.05, 3.63) is 35.6 Å². The molecule has 102 valence electrons. The van der Waals surface area contributed by atoms with Gasteiger partial charge in [0.05, 0.1) is 0 Å². The topological polar surface area (TPSA) is 18.5 Å². The van der Waals surface area contributed by atoms with Gasteiger partial charge in [0.1, 0.15) is 5.82 Å². The van der Waals surface area contributed by atoms with Gasteiger partial charge >= 0.3 is 8.56 Å². The molecule has 0 aromatic heterocycles.